The second-order valence-electron chi connectivity index (χ2n) is 8.90. The van der Waals surface area contributed by atoms with Gasteiger partial charge in [0.25, 0.3) is 5.56 Å². The SMILES string of the molecule is COc1cccc2c1ncc1c(=O)n(C3CCc4ccccc43)c(=O)n(C3CCCC3)c12. The second-order valence-corrected chi connectivity index (χ2v) is 8.90. The molecule has 2 heterocycles. The van der Waals surface area contributed by atoms with Gasteiger partial charge < -0.3 is 4.74 Å². The Labute approximate surface area is 185 Å². The van der Waals surface area contributed by atoms with Gasteiger partial charge in [0.2, 0.25) is 0 Å². The molecule has 1 unspecified atom stereocenters. The van der Waals surface area contributed by atoms with E-state index >= 15 is 0 Å². The van der Waals surface area contributed by atoms with Crippen LogP contribution in [0.3, 0.4) is 0 Å². The molecule has 4 aromatic rings. The van der Waals surface area contributed by atoms with Crippen molar-refractivity contribution >= 4 is 21.8 Å². The highest BCUT2D eigenvalue weighted by Gasteiger charge is 2.31. The van der Waals surface area contributed by atoms with Crippen LogP contribution in [0, 0.1) is 0 Å². The molecular weight excluding hydrogens is 402 g/mol. The van der Waals surface area contributed by atoms with Crippen molar-refractivity contribution in [3.8, 4) is 5.75 Å². The molecule has 0 saturated heterocycles. The summed E-state index contributed by atoms with van der Waals surface area (Å²) in [7, 11) is 1.61. The minimum Gasteiger partial charge on any atom is -0.494 e. The van der Waals surface area contributed by atoms with Crippen LogP contribution in [-0.2, 0) is 6.42 Å². The summed E-state index contributed by atoms with van der Waals surface area (Å²) in [5.41, 5.74) is 3.22. The maximum atomic E-state index is 14.1. The Hall–Kier alpha value is -3.41. The third-order valence-electron chi connectivity index (χ3n) is 7.26. The van der Waals surface area contributed by atoms with E-state index in [1.54, 1.807) is 13.3 Å². The van der Waals surface area contributed by atoms with Crippen LogP contribution in [0.1, 0.15) is 55.3 Å². The molecule has 0 N–H and O–H groups in total. The molecule has 2 aliphatic carbocycles. The van der Waals surface area contributed by atoms with Crippen LogP contribution in [0.25, 0.3) is 21.8 Å². The van der Waals surface area contributed by atoms with Crippen LogP contribution in [-0.4, -0.2) is 21.2 Å². The maximum absolute atomic E-state index is 14.1. The Morgan fingerprint density at radius 3 is 2.56 bits per heavy atom. The number of fused-ring (bicyclic) bond motifs is 4. The minimum atomic E-state index is -0.252. The third kappa shape index (κ3) is 2.68. The molecule has 0 bridgehead atoms. The number of rotatable bonds is 3. The molecule has 162 valence electrons. The van der Waals surface area contributed by atoms with Crippen molar-refractivity contribution in [2.75, 3.05) is 7.11 Å². The van der Waals surface area contributed by atoms with Crippen molar-refractivity contribution < 1.29 is 4.74 Å². The van der Waals surface area contributed by atoms with Gasteiger partial charge >= 0.3 is 5.69 Å². The highest BCUT2D eigenvalue weighted by Crippen LogP contribution is 2.36. The molecule has 2 aliphatic rings. The van der Waals surface area contributed by atoms with Gasteiger partial charge in [0.15, 0.2) is 0 Å². The summed E-state index contributed by atoms with van der Waals surface area (Å²) in [6.07, 6.45) is 7.35. The van der Waals surface area contributed by atoms with E-state index in [0.29, 0.717) is 22.2 Å². The Morgan fingerprint density at radius 2 is 1.75 bits per heavy atom. The number of nitrogens with zero attached hydrogens (tertiary/aromatic N) is 3. The maximum Gasteiger partial charge on any atom is 0.332 e. The van der Waals surface area contributed by atoms with Crippen LogP contribution >= 0.6 is 0 Å². The van der Waals surface area contributed by atoms with Crippen LogP contribution in [0.5, 0.6) is 5.75 Å². The predicted octanol–water partition coefficient (Wildman–Crippen LogP) is 4.37. The Balaban J connectivity index is 1.73. The van der Waals surface area contributed by atoms with Gasteiger partial charge in [-0.05, 0) is 42.9 Å². The first-order chi connectivity index (χ1) is 15.7. The summed E-state index contributed by atoms with van der Waals surface area (Å²) in [4.78, 5) is 32.4. The first kappa shape index (κ1) is 19.3. The summed E-state index contributed by atoms with van der Waals surface area (Å²) in [6, 6.07) is 13.7. The predicted molar refractivity (Wildman–Crippen MR) is 125 cm³/mol. The number of ether oxygens (including phenoxy) is 1. The van der Waals surface area contributed by atoms with Crippen molar-refractivity contribution in [3.05, 3.63) is 80.6 Å². The summed E-state index contributed by atoms with van der Waals surface area (Å²) < 4.78 is 8.91. The second kappa shape index (κ2) is 7.33. The third-order valence-corrected chi connectivity index (χ3v) is 7.26. The van der Waals surface area contributed by atoms with Crippen molar-refractivity contribution in [2.45, 2.75) is 50.6 Å². The van der Waals surface area contributed by atoms with Gasteiger partial charge in [-0.15, -0.1) is 0 Å². The number of methoxy groups -OCH3 is 1. The highest BCUT2D eigenvalue weighted by atomic mass is 16.5. The van der Waals surface area contributed by atoms with Crippen LogP contribution in [0.2, 0.25) is 0 Å². The Bertz CT molecular complexity index is 1480. The summed E-state index contributed by atoms with van der Waals surface area (Å²) in [5, 5.41) is 1.29. The number of hydrogen-bond acceptors (Lipinski definition) is 4. The van der Waals surface area contributed by atoms with Crippen molar-refractivity contribution in [2.24, 2.45) is 0 Å². The van der Waals surface area contributed by atoms with E-state index in [1.165, 1.54) is 10.1 Å². The van der Waals surface area contributed by atoms with Crippen LogP contribution in [0.15, 0.2) is 58.3 Å². The fourth-order valence-electron chi connectivity index (χ4n) is 5.77. The molecule has 6 rings (SSSR count). The lowest BCUT2D eigenvalue weighted by molar-refractivity contribution is 0.419. The van der Waals surface area contributed by atoms with Crippen molar-refractivity contribution in [1.82, 2.24) is 14.1 Å². The molecule has 1 fully saturated rings. The molecular formula is C26H25N3O3. The van der Waals surface area contributed by atoms with E-state index in [9.17, 15) is 9.59 Å². The van der Waals surface area contributed by atoms with Crippen molar-refractivity contribution in [1.29, 1.82) is 0 Å². The number of benzene rings is 2. The van der Waals surface area contributed by atoms with E-state index < -0.39 is 0 Å². The smallest absolute Gasteiger partial charge is 0.332 e. The van der Waals surface area contributed by atoms with E-state index in [4.69, 9.17) is 4.74 Å². The number of para-hydroxylation sites is 1. The molecule has 32 heavy (non-hydrogen) atoms. The lowest BCUT2D eigenvalue weighted by Crippen LogP contribution is -2.43. The van der Waals surface area contributed by atoms with Gasteiger partial charge in [-0.1, -0.05) is 49.2 Å². The molecule has 1 saturated carbocycles. The zero-order valence-corrected chi connectivity index (χ0v) is 18.1. The van der Waals surface area contributed by atoms with Crippen molar-refractivity contribution in [3.63, 3.8) is 0 Å². The standard InChI is InChI=1S/C26H25N3O3/c1-32-22-12-6-11-19-23(22)27-15-20-24(19)28(17-8-3-4-9-17)26(31)29(25(20)30)21-14-13-16-7-2-5-10-18(16)21/h2,5-7,10-12,15,17,21H,3-4,8-9,13-14H2,1H3. The van der Waals surface area contributed by atoms with E-state index in [2.05, 4.69) is 11.1 Å². The van der Waals surface area contributed by atoms with Gasteiger partial charge in [-0.25, -0.2) is 4.79 Å². The molecule has 1 atom stereocenters. The number of hydrogen-bond donors (Lipinski definition) is 0. The van der Waals surface area contributed by atoms with Gasteiger partial charge in [-0.2, -0.15) is 0 Å². The topological polar surface area (TPSA) is 66.1 Å². The van der Waals surface area contributed by atoms with Gasteiger partial charge in [0.1, 0.15) is 11.3 Å². The van der Waals surface area contributed by atoms with Gasteiger partial charge in [-0.3, -0.25) is 18.9 Å². The number of aromatic nitrogens is 3. The van der Waals surface area contributed by atoms with Gasteiger partial charge in [0, 0.05) is 17.6 Å². The van der Waals surface area contributed by atoms with E-state index in [0.717, 1.165) is 49.5 Å². The average Bonchev–Trinajstić information content (AvgIpc) is 3.49. The summed E-state index contributed by atoms with van der Waals surface area (Å²) in [5.74, 6) is 0.642. The quantitative estimate of drug-likeness (QED) is 0.456. The first-order valence-electron chi connectivity index (χ1n) is 11.4. The minimum absolute atomic E-state index is 0.0882. The summed E-state index contributed by atoms with van der Waals surface area (Å²) >= 11 is 0. The lowest BCUT2D eigenvalue weighted by Gasteiger charge is -2.23. The molecule has 0 radical (unpaired) electrons. The van der Waals surface area contributed by atoms with E-state index in [1.807, 2.05) is 41.0 Å². The zero-order chi connectivity index (χ0) is 21.8. The van der Waals surface area contributed by atoms with Crippen LogP contribution < -0.4 is 16.0 Å². The monoisotopic (exact) mass is 427 g/mol. The summed E-state index contributed by atoms with van der Waals surface area (Å²) in [6.45, 7) is 0. The fraction of sp³-hybridized carbons (Fsp3) is 0.346. The fourth-order valence-corrected chi connectivity index (χ4v) is 5.77. The Morgan fingerprint density at radius 1 is 0.938 bits per heavy atom. The molecule has 2 aromatic heterocycles. The zero-order valence-electron chi connectivity index (χ0n) is 18.1. The molecule has 0 spiro atoms. The van der Waals surface area contributed by atoms with E-state index in [-0.39, 0.29) is 23.3 Å². The Kier molecular flexibility index (Phi) is 4.42. The highest BCUT2D eigenvalue weighted by molar-refractivity contribution is 6.05. The molecule has 0 amide bonds. The van der Waals surface area contributed by atoms with Crippen LogP contribution in [0.4, 0.5) is 0 Å². The first-order valence-corrected chi connectivity index (χ1v) is 11.4. The number of aryl methyl sites for hydroxylation is 1. The molecule has 6 heteroatoms. The molecule has 6 nitrogen and oxygen atoms in total. The number of pyridine rings is 1. The average molecular weight is 428 g/mol. The molecule has 0 aliphatic heterocycles. The lowest BCUT2D eigenvalue weighted by atomic mass is 10.1. The normalized spacial score (nSPS) is 18.5. The molecule has 2 aromatic carbocycles. The largest absolute Gasteiger partial charge is 0.494 e. The van der Waals surface area contributed by atoms with Gasteiger partial charge in [0.05, 0.1) is 24.1 Å².